The van der Waals surface area contributed by atoms with E-state index in [1.807, 2.05) is 20.8 Å². The molecule has 1 unspecified atom stereocenters. The van der Waals surface area contributed by atoms with E-state index in [0.29, 0.717) is 23.9 Å². The third-order valence-corrected chi connectivity index (χ3v) is 5.34. The molecule has 1 aromatic rings. The van der Waals surface area contributed by atoms with Crippen molar-refractivity contribution in [3.05, 3.63) is 11.4 Å². The van der Waals surface area contributed by atoms with Crippen molar-refractivity contribution in [2.24, 2.45) is 0 Å². The Balaban J connectivity index is 2.24. The number of aromatic nitrogens is 2. The Morgan fingerprint density at radius 2 is 2.05 bits per heavy atom. The SMILES string of the molecule is Cc1c(N)nc(C(C)C)nc1NC1CCCS(=O)(=O)C1. The molecule has 1 saturated heterocycles. The highest BCUT2D eigenvalue weighted by molar-refractivity contribution is 7.91. The van der Waals surface area contributed by atoms with Crippen LogP contribution in [0.25, 0.3) is 0 Å². The molecule has 0 saturated carbocycles. The molecule has 0 amide bonds. The van der Waals surface area contributed by atoms with Gasteiger partial charge in [-0.15, -0.1) is 0 Å². The van der Waals surface area contributed by atoms with Gasteiger partial charge in [0.2, 0.25) is 0 Å². The average Bonchev–Trinajstić information content (AvgIpc) is 2.33. The zero-order chi connectivity index (χ0) is 14.9. The first-order chi connectivity index (χ1) is 9.28. The number of nitrogen functional groups attached to an aromatic ring is 1. The minimum atomic E-state index is -2.94. The molecule has 1 atom stereocenters. The molecule has 0 aliphatic carbocycles. The predicted octanol–water partition coefficient (Wildman–Crippen LogP) is 1.48. The van der Waals surface area contributed by atoms with Gasteiger partial charge in [0, 0.05) is 17.5 Å². The van der Waals surface area contributed by atoms with E-state index >= 15 is 0 Å². The lowest BCUT2D eigenvalue weighted by Crippen LogP contribution is -2.35. The van der Waals surface area contributed by atoms with Gasteiger partial charge in [-0.3, -0.25) is 0 Å². The van der Waals surface area contributed by atoms with Crippen molar-refractivity contribution in [3.8, 4) is 0 Å². The van der Waals surface area contributed by atoms with Crippen molar-refractivity contribution >= 4 is 21.5 Å². The van der Waals surface area contributed by atoms with Crippen LogP contribution in [0.5, 0.6) is 0 Å². The van der Waals surface area contributed by atoms with Crippen molar-refractivity contribution in [2.75, 3.05) is 22.6 Å². The lowest BCUT2D eigenvalue weighted by atomic mass is 10.1. The summed E-state index contributed by atoms with van der Waals surface area (Å²) < 4.78 is 23.4. The number of hydrogen-bond donors (Lipinski definition) is 2. The average molecular weight is 298 g/mol. The van der Waals surface area contributed by atoms with E-state index in [1.54, 1.807) is 0 Å². The predicted molar refractivity (Wildman–Crippen MR) is 80.6 cm³/mol. The van der Waals surface area contributed by atoms with Gasteiger partial charge < -0.3 is 11.1 Å². The van der Waals surface area contributed by atoms with Crippen LogP contribution in [0.15, 0.2) is 0 Å². The van der Waals surface area contributed by atoms with Gasteiger partial charge in [-0.25, -0.2) is 18.4 Å². The Hall–Kier alpha value is -1.37. The monoisotopic (exact) mass is 298 g/mol. The molecule has 1 aliphatic heterocycles. The molecule has 2 heterocycles. The molecule has 112 valence electrons. The van der Waals surface area contributed by atoms with Crippen LogP contribution in [-0.2, 0) is 9.84 Å². The Bertz CT molecular complexity index is 599. The Morgan fingerprint density at radius 1 is 1.35 bits per heavy atom. The molecule has 0 bridgehead atoms. The first-order valence-electron chi connectivity index (χ1n) is 6.89. The zero-order valence-electron chi connectivity index (χ0n) is 12.2. The van der Waals surface area contributed by atoms with Crippen LogP contribution < -0.4 is 11.1 Å². The fourth-order valence-electron chi connectivity index (χ4n) is 2.28. The summed E-state index contributed by atoms with van der Waals surface area (Å²) >= 11 is 0. The van der Waals surface area contributed by atoms with E-state index in [4.69, 9.17) is 5.73 Å². The molecule has 0 radical (unpaired) electrons. The van der Waals surface area contributed by atoms with E-state index < -0.39 is 9.84 Å². The van der Waals surface area contributed by atoms with E-state index in [9.17, 15) is 8.42 Å². The van der Waals surface area contributed by atoms with Gasteiger partial charge in [-0.05, 0) is 19.8 Å². The quantitative estimate of drug-likeness (QED) is 0.877. The maximum atomic E-state index is 11.7. The summed E-state index contributed by atoms with van der Waals surface area (Å²) in [6.45, 7) is 5.84. The molecule has 3 N–H and O–H groups in total. The lowest BCUT2D eigenvalue weighted by Gasteiger charge is -2.24. The number of nitrogens with zero attached hydrogens (tertiary/aromatic N) is 2. The second-order valence-corrected chi connectivity index (χ2v) is 7.92. The maximum Gasteiger partial charge on any atom is 0.152 e. The zero-order valence-corrected chi connectivity index (χ0v) is 13.0. The molecule has 20 heavy (non-hydrogen) atoms. The molecule has 1 fully saturated rings. The van der Waals surface area contributed by atoms with E-state index in [2.05, 4.69) is 15.3 Å². The van der Waals surface area contributed by atoms with Crippen LogP contribution in [0.3, 0.4) is 0 Å². The number of rotatable bonds is 3. The maximum absolute atomic E-state index is 11.7. The highest BCUT2D eigenvalue weighted by Crippen LogP contribution is 2.23. The summed E-state index contributed by atoms with van der Waals surface area (Å²) in [6.07, 6.45) is 1.52. The summed E-state index contributed by atoms with van der Waals surface area (Å²) in [5.74, 6) is 2.40. The van der Waals surface area contributed by atoms with Gasteiger partial charge in [-0.1, -0.05) is 13.8 Å². The molecule has 2 rings (SSSR count). The van der Waals surface area contributed by atoms with E-state index in [1.165, 1.54) is 0 Å². The number of nitrogens with two attached hydrogens (primary N) is 1. The van der Waals surface area contributed by atoms with Crippen LogP contribution >= 0.6 is 0 Å². The van der Waals surface area contributed by atoms with Crippen LogP contribution in [0.1, 0.15) is 44.0 Å². The van der Waals surface area contributed by atoms with Crippen molar-refractivity contribution in [1.29, 1.82) is 0 Å². The molecular weight excluding hydrogens is 276 g/mol. The van der Waals surface area contributed by atoms with Crippen molar-refractivity contribution in [1.82, 2.24) is 9.97 Å². The first-order valence-corrected chi connectivity index (χ1v) is 8.71. The molecule has 6 nitrogen and oxygen atoms in total. The van der Waals surface area contributed by atoms with Crippen LogP contribution in [0.2, 0.25) is 0 Å². The van der Waals surface area contributed by atoms with Gasteiger partial charge in [0.15, 0.2) is 9.84 Å². The Kier molecular flexibility index (Phi) is 4.17. The third-order valence-electron chi connectivity index (χ3n) is 3.52. The third kappa shape index (κ3) is 3.39. The molecule has 1 aliphatic rings. The topological polar surface area (TPSA) is 98.0 Å². The van der Waals surface area contributed by atoms with Gasteiger partial charge in [0.1, 0.15) is 17.5 Å². The number of nitrogens with one attached hydrogen (secondary N) is 1. The number of hydrogen-bond acceptors (Lipinski definition) is 6. The van der Waals surface area contributed by atoms with Crippen molar-refractivity contribution in [2.45, 2.75) is 45.6 Å². The van der Waals surface area contributed by atoms with Gasteiger partial charge in [0.05, 0.1) is 11.5 Å². The molecule has 0 aromatic carbocycles. The minimum Gasteiger partial charge on any atom is -0.383 e. The largest absolute Gasteiger partial charge is 0.383 e. The fourth-order valence-corrected chi connectivity index (χ4v) is 3.92. The minimum absolute atomic E-state index is 0.0956. The smallest absolute Gasteiger partial charge is 0.152 e. The van der Waals surface area contributed by atoms with Gasteiger partial charge in [-0.2, -0.15) is 0 Å². The summed E-state index contributed by atoms with van der Waals surface area (Å²) in [5, 5.41) is 3.23. The number of sulfone groups is 1. The van der Waals surface area contributed by atoms with Crippen molar-refractivity contribution in [3.63, 3.8) is 0 Å². The normalized spacial score (nSPS) is 21.9. The Labute approximate surface area is 120 Å². The van der Waals surface area contributed by atoms with E-state index in [-0.39, 0.29) is 23.5 Å². The molecule has 1 aromatic heterocycles. The molecular formula is C13H22N4O2S. The Morgan fingerprint density at radius 3 is 2.65 bits per heavy atom. The summed E-state index contributed by atoms with van der Waals surface area (Å²) in [5.41, 5.74) is 6.68. The fraction of sp³-hybridized carbons (Fsp3) is 0.692. The number of anilines is 2. The van der Waals surface area contributed by atoms with Crippen LogP contribution in [0, 0.1) is 6.92 Å². The first kappa shape index (κ1) is 15.0. The summed E-state index contributed by atoms with van der Waals surface area (Å²) in [6, 6.07) is -0.0956. The summed E-state index contributed by atoms with van der Waals surface area (Å²) in [4.78, 5) is 8.74. The van der Waals surface area contributed by atoms with Gasteiger partial charge >= 0.3 is 0 Å². The highest BCUT2D eigenvalue weighted by atomic mass is 32.2. The van der Waals surface area contributed by atoms with Crippen LogP contribution in [-0.4, -0.2) is 35.9 Å². The second kappa shape index (κ2) is 5.55. The van der Waals surface area contributed by atoms with E-state index in [0.717, 1.165) is 12.0 Å². The molecule has 7 heteroatoms. The van der Waals surface area contributed by atoms with Gasteiger partial charge in [0.25, 0.3) is 0 Å². The summed E-state index contributed by atoms with van der Waals surface area (Å²) in [7, 11) is -2.94. The highest BCUT2D eigenvalue weighted by Gasteiger charge is 2.25. The lowest BCUT2D eigenvalue weighted by molar-refractivity contribution is 0.561. The standard InChI is InChI=1S/C13H22N4O2S/c1-8(2)12-16-11(14)9(3)13(17-12)15-10-5-4-6-20(18,19)7-10/h8,10H,4-7H2,1-3H3,(H3,14,15,16,17). The van der Waals surface area contributed by atoms with Crippen LogP contribution in [0.4, 0.5) is 11.6 Å². The molecule has 0 spiro atoms. The van der Waals surface area contributed by atoms with Crippen molar-refractivity contribution < 1.29 is 8.42 Å². The second-order valence-electron chi connectivity index (χ2n) is 5.69.